The molecule has 1 saturated heterocycles. The molecule has 0 aromatic heterocycles. The van der Waals surface area contributed by atoms with Crippen LogP contribution in [0, 0.1) is 17.2 Å². The number of piperidine rings is 1. The van der Waals surface area contributed by atoms with Gasteiger partial charge in [0.15, 0.2) is 0 Å². The Morgan fingerprint density at radius 1 is 1.27 bits per heavy atom. The number of hydrogen-bond donors (Lipinski definition) is 0. The summed E-state index contributed by atoms with van der Waals surface area (Å²) in [6, 6.07) is 12.8. The van der Waals surface area contributed by atoms with E-state index in [9.17, 15) is 18.5 Å². The van der Waals surface area contributed by atoms with E-state index < -0.39 is 15.9 Å². The molecule has 0 spiro atoms. The van der Waals surface area contributed by atoms with Crippen LogP contribution in [0.1, 0.15) is 25.3 Å². The van der Waals surface area contributed by atoms with Crippen LogP contribution in [-0.2, 0) is 19.6 Å². The summed E-state index contributed by atoms with van der Waals surface area (Å²) in [7, 11) is -3.76. The molecule has 7 nitrogen and oxygen atoms in total. The summed E-state index contributed by atoms with van der Waals surface area (Å²) in [4.78, 5) is 12.1. The third-order valence-electron chi connectivity index (χ3n) is 4.78. The Hall–Kier alpha value is -2.60. The molecule has 1 fully saturated rings. The lowest BCUT2D eigenvalue weighted by atomic mass is 10.0. The van der Waals surface area contributed by atoms with Gasteiger partial charge in [0.1, 0.15) is 23.1 Å². The van der Waals surface area contributed by atoms with E-state index in [1.54, 1.807) is 25.1 Å². The summed E-state index contributed by atoms with van der Waals surface area (Å²) in [5, 5.41) is 9.51. The van der Waals surface area contributed by atoms with E-state index in [1.807, 2.05) is 6.07 Å². The largest absolute Gasteiger partial charge is 0.466 e. The van der Waals surface area contributed by atoms with Gasteiger partial charge in [-0.1, -0.05) is 17.7 Å². The van der Waals surface area contributed by atoms with Crippen LogP contribution in [0.3, 0.4) is 0 Å². The number of carbonyl (C=O) groups excluding carboxylic acids is 1. The minimum absolute atomic E-state index is 0.103. The van der Waals surface area contributed by atoms with Crippen molar-refractivity contribution in [2.24, 2.45) is 5.92 Å². The summed E-state index contributed by atoms with van der Waals surface area (Å²) in [6.45, 7) is 2.45. The molecule has 0 aliphatic carbocycles. The minimum Gasteiger partial charge on any atom is -0.466 e. The molecule has 30 heavy (non-hydrogen) atoms. The van der Waals surface area contributed by atoms with Crippen molar-refractivity contribution in [3.05, 3.63) is 53.1 Å². The molecule has 0 radical (unpaired) electrons. The Morgan fingerprint density at radius 2 is 2.00 bits per heavy atom. The van der Waals surface area contributed by atoms with E-state index in [0.717, 1.165) is 0 Å². The first-order chi connectivity index (χ1) is 14.4. The van der Waals surface area contributed by atoms with Crippen LogP contribution in [-0.4, -0.2) is 38.4 Å². The summed E-state index contributed by atoms with van der Waals surface area (Å²) in [5.74, 6) is -0.163. The summed E-state index contributed by atoms with van der Waals surface area (Å²) < 4.78 is 38.1. The van der Waals surface area contributed by atoms with Crippen molar-refractivity contribution >= 4 is 27.6 Å². The first-order valence-electron chi connectivity index (χ1n) is 9.50. The van der Waals surface area contributed by atoms with Crippen molar-refractivity contribution in [2.75, 3.05) is 19.7 Å². The smallest absolute Gasteiger partial charge is 0.310 e. The number of rotatable bonds is 6. The predicted molar refractivity (Wildman–Crippen MR) is 111 cm³/mol. The van der Waals surface area contributed by atoms with Crippen molar-refractivity contribution in [3.63, 3.8) is 0 Å². The highest BCUT2D eigenvalue weighted by Crippen LogP contribution is 2.31. The van der Waals surface area contributed by atoms with Crippen LogP contribution in [0.25, 0.3) is 0 Å². The number of nitriles is 1. The number of hydrogen-bond acceptors (Lipinski definition) is 6. The van der Waals surface area contributed by atoms with E-state index in [0.29, 0.717) is 25.1 Å². The van der Waals surface area contributed by atoms with Gasteiger partial charge in [0.25, 0.3) is 0 Å². The van der Waals surface area contributed by atoms with E-state index >= 15 is 0 Å². The van der Waals surface area contributed by atoms with E-state index in [4.69, 9.17) is 21.1 Å². The molecule has 1 aliphatic rings. The maximum Gasteiger partial charge on any atom is 0.310 e. The fraction of sp³-hybridized carbons (Fsp3) is 0.333. The Kier molecular flexibility index (Phi) is 6.98. The van der Waals surface area contributed by atoms with Crippen molar-refractivity contribution in [3.8, 4) is 17.6 Å². The van der Waals surface area contributed by atoms with Crippen molar-refractivity contribution in [2.45, 2.75) is 24.7 Å². The average Bonchev–Trinajstić information content (AvgIpc) is 2.74. The zero-order valence-electron chi connectivity index (χ0n) is 16.4. The van der Waals surface area contributed by atoms with Crippen LogP contribution >= 0.6 is 11.6 Å². The fourth-order valence-electron chi connectivity index (χ4n) is 3.27. The monoisotopic (exact) mass is 448 g/mol. The number of benzene rings is 2. The van der Waals surface area contributed by atoms with Crippen LogP contribution in [0.5, 0.6) is 11.5 Å². The topological polar surface area (TPSA) is 96.7 Å². The van der Waals surface area contributed by atoms with Gasteiger partial charge in [-0.15, -0.1) is 0 Å². The van der Waals surface area contributed by atoms with Gasteiger partial charge < -0.3 is 9.47 Å². The zero-order chi connectivity index (χ0) is 21.7. The SMILES string of the molecule is CCOC(=O)C1CCCN(S(=O)(=O)c2ccc(Oc3cccc(Cl)c3C#N)cc2)C1. The van der Waals surface area contributed by atoms with Gasteiger partial charge in [-0.2, -0.15) is 9.57 Å². The second kappa shape index (κ2) is 9.47. The van der Waals surface area contributed by atoms with Gasteiger partial charge in [-0.05, 0) is 56.2 Å². The molecule has 0 N–H and O–H groups in total. The van der Waals surface area contributed by atoms with Crippen molar-refractivity contribution < 1.29 is 22.7 Å². The Morgan fingerprint density at radius 3 is 2.67 bits per heavy atom. The lowest BCUT2D eigenvalue weighted by Gasteiger charge is -2.30. The normalized spacial score (nSPS) is 17.2. The molecule has 3 rings (SSSR count). The summed E-state index contributed by atoms with van der Waals surface area (Å²) in [6.07, 6.45) is 1.20. The molecule has 0 amide bonds. The molecule has 1 unspecified atom stereocenters. The van der Waals surface area contributed by atoms with E-state index in [1.165, 1.54) is 28.6 Å². The highest BCUT2D eigenvalue weighted by Gasteiger charge is 2.34. The molecular formula is C21H21ClN2O5S. The predicted octanol–water partition coefficient (Wildman–Crippen LogP) is 3.97. The first kappa shape index (κ1) is 22.1. The Bertz CT molecular complexity index is 1060. The van der Waals surface area contributed by atoms with Crippen LogP contribution in [0.4, 0.5) is 0 Å². The molecule has 1 aliphatic heterocycles. The molecule has 2 aromatic rings. The lowest BCUT2D eigenvalue weighted by molar-refractivity contribution is -0.149. The third kappa shape index (κ3) is 4.75. The second-order valence-corrected chi connectivity index (χ2v) is 9.10. The third-order valence-corrected chi connectivity index (χ3v) is 6.97. The van der Waals surface area contributed by atoms with Crippen molar-refractivity contribution in [1.82, 2.24) is 4.31 Å². The molecule has 2 aromatic carbocycles. The van der Waals surface area contributed by atoms with Gasteiger partial charge in [-0.3, -0.25) is 4.79 Å². The van der Waals surface area contributed by atoms with Gasteiger partial charge in [0.2, 0.25) is 10.0 Å². The standard InChI is InChI=1S/C21H21ClN2O5S/c1-2-28-21(25)15-5-4-12-24(14-15)30(26,27)17-10-8-16(9-11-17)29-20-7-3-6-19(22)18(20)13-23/h3,6-11,15H,2,4-5,12,14H2,1H3. The average molecular weight is 449 g/mol. The van der Waals surface area contributed by atoms with Crippen LogP contribution in [0.2, 0.25) is 5.02 Å². The highest BCUT2D eigenvalue weighted by molar-refractivity contribution is 7.89. The first-order valence-corrected chi connectivity index (χ1v) is 11.3. The number of ether oxygens (including phenoxy) is 2. The highest BCUT2D eigenvalue weighted by atomic mass is 35.5. The molecule has 158 valence electrons. The Labute approximate surface area is 180 Å². The molecule has 0 saturated carbocycles. The van der Waals surface area contributed by atoms with Gasteiger partial charge in [0.05, 0.1) is 22.4 Å². The summed E-state index contributed by atoms with van der Waals surface area (Å²) in [5.41, 5.74) is 0.203. The maximum absolute atomic E-state index is 13.0. The number of esters is 1. The van der Waals surface area contributed by atoms with Crippen molar-refractivity contribution in [1.29, 1.82) is 5.26 Å². The molecule has 1 heterocycles. The van der Waals surface area contributed by atoms with E-state index in [-0.39, 0.29) is 40.4 Å². The zero-order valence-corrected chi connectivity index (χ0v) is 17.9. The lowest BCUT2D eigenvalue weighted by Crippen LogP contribution is -2.42. The van der Waals surface area contributed by atoms with Gasteiger partial charge in [-0.25, -0.2) is 8.42 Å². The van der Waals surface area contributed by atoms with Gasteiger partial charge in [0, 0.05) is 13.1 Å². The van der Waals surface area contributed by atoms with Crippen LogP contribution in [0.15, 0.2) is 47.4 Å². The fourth-order valence-corrected chi connectivity index (χ4v) is 5.00. The number of halogens is 1. The Balaban J connectivity index is 1.76. The second-order valence-electron chi connectivity index (χ2n) is 6.75. The number of carbonyl (C=O) groups is 1. The minimum atomic E-state index is -3.76. The maximum atomic E-state index is 13.0. The van der Waals surface area contributed by atoms with E-state index in [2.05, 4.69) is 0 Å². The number of nitrogens with zero attached hydrogens (tertiary/aromatic N) is 2. The summed E-state index contributed by atoms with van der Waals surface area (Å²) >= 11 is 6.00. The molecule has 9 heteroatoms. The number of sulfonamides is 1. The quantitative estimate of drug-likeness (QED) is 0.620. The molecule has 0 bridgehead atoms. The van der Waals surface area contributed by atoms with Crippen LogP contribution < -0.4 is 4.74 Å². The molecule has 1 atom stereocenters. The molecular weight excluding hydrogens is 428 g/mol. The van der Waals surface area contributed by atoms with Gasteiger partial charge >= 0.3 is 5.97 Å².